The molecule has 0 amide bonds. The van der Waals surface area contributed by atoms with Crippen molar-refractivity contribution < 1.29 is 27.5 Å². The van der Waals surface area contributed by atoms with Crippen LogP contribution in [0.15, 0.2) is 67.4 Å². The van der Waals surface area contributed by atoms with Crippen molar-refractivity contribution in [2.45, 2.75) is 37.7 Å². The van der Waals surface area contributed by atoms with Crippen LogP contribution < -0.4 is 4.74 Å². The van der Waals surface area contributed by atoms with Crippen LogP contribution in [0.3, 0.4) is 0 Å². The Hall–Kier alpha value is -2.90. The molecule has 6 rings (SSSR count). The average molecular weight is 484 g/mol. The van der Waals surface area contributed by atoms with Gasteiger partial charge in [-0.15, -0.1) is 6.58 Å². The van der Waals surface area contributed by atoms with Crippen molar-refractivity contribution >= 4 is 10.9 Å². The lowest BCUT2D eigenvalue weighted by molar-refractivity contribution is -0.985. The number of hydrogen-bond acceptors (Lipinski definition) is 3. The van der Waals surface area contributed by atoms with Gasteiger partial charge in [0.15, 0.2) is 0 Å². The van der Waals surface area contributed by atoms with E-state index in [1.165, 1.54) is 6.07 Å². The first-order chi connectivity index (χ1) is 16.8. The van der Waals surface area contributed by atoms with E-state index in [1.54, 1.807) is 25.4 Å². The maximum absolute atomic E-state index is 13.9. The predicted octanol–water partition coefficient (Wildman–Crippen LogP) is 5.91. The zero-order chi connectivity index (χ0) is 24.8. The van der Waals surface area contributed by atoms with Gasteiger partial charge in [0.05, 0.1) is 31.3 Å². The Kier molecular flexibility index (Phi) is 6.09. The lowest BCUT2D eigenvalue weighted by atomic mass is 9.71. The molecule has 0 spiro atoms. The summed E-state index contributed by atoms with van der Waals surface area (Å²) >= 11 is 0. The molecule has 3 aliphatic heterocycles. The highest BCUT2D eigenvalue weighted by molar-refractivity contribution is 5.83. The van der Waals surface area contributed by atoms with Crippen LogP contribution in [-0.2, 0) is 12.7 Å². The molecule has 1 aromatic heterocycles. The molecule has 1 N–H and O–H groups in total. The topological polar surface area (TPSA) is 42.4 Å². The molecule has 3 aliphatic rings. The third kappa shape index (κ3) is 4.21. The van der Waals surface area contributed by atoms with Crippen LogP contribution in [0.25, 0.3) is 10.9 Å². The van der Waals surface area contributed by atoms with Crippen LogP contribution in [0.2, 0.25) is 0 Å². The number of aliphatic hydroxyl groups is 1. The fraction of sp³-hybridized carbons (Fsp3) is 0.393. The number of quaternary nitrogens is 1. The zero-order valence-corrected chi connectivity index (χ0v) is 19.7. The molecule has 0 radical (unpaired) electrons. The Labute approximate surface area is 203 Å². The Morgan fingerprint density at radius 1 is 1.23 bits per heavy atom. The number of halogens is 3. The molecule has 2 aromatic carbocycles. The summed E-state index contributed by atoms with van der Waals surface area (Å²) in [5.74, 6) is 1.26. The molecule has 0 aliphatic carbocycles. The number of aromatic nitrogens is 1. The molecule has 3 saturated heterocycles. The second kappa shape index (κ2) is 8.95. The minimum atomic E-state index is -4.42. The van der Waals surface area contributed by atoms with Gasteiger partial charge in [-0.2, -0.15) is 13.2 Å². The molecule has 184 valence electrons. The summed E-state index contributed by atoms with van der Waals surface area (Å²) in [5, 5.41) is 12.6. The van der Waals surface area contributed by atoms with E-state index in [9.17, 15) is 18.3 Å². The fourth-order valence-electron chi connectivity index (χ4n) is 6.39. The first kappa shape index (κ1) is 23.8. The predicted molar refractivity (Wildman–Crippen MR) is 129 cm³/mol. The van der Waals surface area contributed by atoms with Gasteiger partial charge in [0.2, 0.25) is 0 Å². The van der Waals surface area contributed by atoms with Gasteiger partial charge in [-0.3, -0.25) is 4.98 Å². The van der Waals surface area contributed by atoms with Crippen LogP contribution in [0.5, 0.6) is 5.75 Å². The maximum atomic E-state index is 13.9. The Morgan fingerprint density at radius 3 is 2.77 bits per heavy atom. The molecule has 0 saturated carbocycles. The van der Waals surface area contributed by atoms with Gasteiger partial charge in [0, 0.05) is 35.9 Å². The number of alkyl halides is 3. The van der Waals surface area contributed by atoms with Gasteiger partial charge < -0.3 is 14.3 Å². The number of rotatable bonds is 6. The molecule has 3 unspecified atom stereocenters. The summed E-state index contributed by atoms with van der Waals surface area (Å²) in [6, 6.07) is 13.0. The van der Waals surface area contributed by atoms with Gasteiger partial charge >= 0.3 is 6.18 Å². The molecule has 3 aromatic rings. The minimum absolute atomic E-state index is 0.222. The normalized spacial score (nSPS) is 27.1. The summed E-state index contributed by atoms with van der Waals surface area (Å²) in [4.78, 5) is 4.43. The number of aliphatic hydroxyl groups excluding tert-OH is 1. The molecule has 4 heterocycles. The van der Waals surface area contributed by atoms with Crippen molar-refractivity contribution in [2.75, 3.05) is 20.2 Å². The quantitative estimate of drug-likeness (QED) is 0.350. The molecule has 35 heavy (non-hydrogen) atoms. The van der Waals surface area contributed by atoms with Gasteiger partial charge in [0.1, 0.15) is 24.4 Å². The summed E-state index contributed by atoms with van der Waals surface area (Å²) in [7, 11) is 1.59. The van der Waals surface area contributed by atoms with E-state index in [4.69, 9.17) is 4.74 Å². The van der Waals surface area contributed by atoms with Crippen molar-refractivity contribution in [1.29, 1.82) is 0 Å². The van der Waals surface area contributed by atoms with Crippen LogP contribution in [0, 0.1) is 11.8 Å². The SMILES string of the molecule is C=CC1C[N+]2(Cc3ccccc3C(F)(F)F)CCC1C[C@@H]2[C@H](O)c1ccnc2ccc(OC)cc12. The van der Waals surface area contributed by atoms with E-state index < -0.39 is 17.8 Å². The largest absolute Gasteiger partial charge is 0.497 e. The number of ether oxygens (including phenoxy) is 1. The first-order valence-electron chi connectivity index (χ1n) is 12.0. The smallest absolute Gasteiger partial charge is 0.416 e. The van der Waals surface area contributed by atoms with Crippen molar-refractivity contribution in [3.63, 3.8) is 0 Å². The number of nitrogens with zero attached hydrogens (tertiary/aromatic N) is 2. The van der Waals surface area contributed by atoms with Gasteiger partial charge in [-0.05, 0) is 41.8 Å². The molecule has 4 nitrogen and oxygen atoms in total. The second-order valence-electron chi connectivity index (χ2n) is 9.92. The standard InChI is InChI=1S/C28H30F3N2O2/c1-3-18-16-33(17-20-6-4-5-7-24(20)28(29,30)31)13-11-19(18)14-26(33)27(34)22-10-12-32-25-9-8-21(35-2)15-23(22)25/h3-10,12,15,18-19,26-27,34H,1,11,13-14,16-17H2,2H3/q+1/t18?,19?,26-,27-,33?/m1/s1. The number of pyridine rings is 1. The second-order valence-corrected chi connectivity index (χ2v) is 9.92. The first-order valence-corrected chi connectivity index (χ1v) is 12.0. The highest BCUT2D eigenvalue weighted by Crippen LogP contribution is 2.49. The van der Waals surface area contributed by atoms with Gasteiger partial charge in [-0.1, -0.05) is 24.3 Å². The molecule has 2 bridgehead atoms. The number of methoxy groups -OCH3 is 1. The third-order valence-corrected chi connectivity index (χ3v) is 8.15. The van der Waals surface area contributed by atoms with Crippen LogP contribution >= 0.6 is 0 Å². The summed E-state index contributed by atoms with van der Waals surface area (Å²) in [5.41, 5.74) is 1.17. The van der Waals surface area contributed by atoms with Crippen LogP contribution in [0.4, 0.5) is 13.2 Å². The molecule has 5 atom stereocenters. The fourth-order valence-corrected chi connectivity index (χ4v) is 6.39. The van der Waals surface area contributed by atoms with Crippen molar-refractivity contribution in [1.82, 2.24) is 4.98 Å². The highest BCUT2D eigenvalue weighted by Gasteiger charge is 2.54. The third-order valence-electron chi connectivity index (χ3n) is 8.15. The molecular weight excluding hydrogens is 453 g/mol. The number of piperidine rings is 3. The number of benzene rings is 2. The van der Waals surface area contributed by atoms with Crippen molar-refractivity contribution in [2.24, 2.45) is 11.8 Å². The summed E-state index contributed by atoms with van der Waals surface area (Å²) in [6.07, 6.45) is 0.00629. The minimum Gasteiger partial charge on any atom is -0.497 e. The van der Waals surface area contributed by atoms with Gasteiger partial charge in [0.25, 0.3) is 0 Å². The van der Waals surface area contributed by atoms with E-state index in [0.29, 0.717) is 22.7 Å². The van der Waals surface area contributed by atoms with Crippen molar-refractivity contribution in [3.8, 4) is 5.75 Å². The summed E-state index contributed by atoms with van der Waals surface area (Å²) in [6.45, 7) is 5.64. The zero-order valence-electron chi connectivity index (χ0n) is 19.7. The van der Waals surface area contributed by atoms with Crippen molar-refractivity contribution in [3.05, 3.63) is 84.1 Å². The lowest BCUT2D eigenvalue weighted by Crippen LogP contribution is -2.67. The van der Waals surface area contributed by atoms with E-state index in [1.807, 2.05) is 30.3 Å². The lowest BCUT2D eigenvalue weighted by Gasteiger charge is -2.58. The average Bonchev–Trinajstić information content (AvgIpc) is 2.87. The monoisotopic (exact) mass is 483 g/mol. The summed E-state index contributed by atoms with van der Waals surface area (Å²) < 4.78 is 47.4. The number of fused-ring (bicyclic) bond motifs is 4. The van der Waals surface area contributed by atoms with Crippen LogP contribution in [-0.4, -0.2) is 40.8 Å². The number of hydrogen-bond donors (Lipinski definition) is 1. The van der Waals surface area contributed by atoms with E-state index in [0.717, 1.165) is 41.9 Å². The highest BCUT2D eigenvalue weighted by atomic mass is 19.4. The van der Waals surface area contributed by atoms with Crippen LogP contribution in [0.1, 0.15) is 35.6 Å². The molecule has 7 heteroatoms. The Bertz CT molecular complexity index is 1240. The molecular formula is C28H30F3N2O2+. The molecule has 3 fully saturated rings. The van der Waals surface area contributed by atoms with Gasteiger partial charge in [-0.25, -0.2) is 0 Å². The van der Waals surface area contributed by atoms with E-state index in [-0.39, 0.29) is 24.1 Å². The van der Waals surface area contributed by atoms with E-state index >= 15 is 0 Å². The maximum Gasteiger partial charge on any atom is 0.416 e. The Balaban J connectivity index is 1.59. The Morgan fingerprint density at radius 2 is 2.03 bits per heavy atom. The van der Waals surface area contributed by atoms with E-state index in [2.05, 4.69) is 11.6 Å².